The Bertz CT molecular complexity index is 280. The fourth-order valence-electron chi connectivity index (χ4n) is 0.534. The van der Waals surface area contributed by atoms with Crippen LogP contribution in [-0.4, -0.2) is 0 Å². The standard InChI is InChI=1S/C7H8.C6H13N.C2H4/c1-7-5-3-2-4-6-7;1-5(7)6(2,3)4;1-2/h2-6H,1H3;1,7H2,2-4H3;1-2H2. The predicted octanol–water partition coefficient (Wildman–Crippen LogP) is 4.30. The van der Waals surface area contributed by atoms with Gasteiger partial charge in [-0.2, -0.15) is 0 Å². The van der Waals surface area contributed by atoms with Gasteiger partial charge in [0.15, 0.2) is 0 Å². The zero-order chi connectivity index (χ0) is 13.2. The maximum absolute atomic E-state index is 5.38. The molecule has 2 N–H and O–H groups in total. The molecule has 0 aromatic heterocycles. The van der Waals surface area contributed by atoms with E-state index in [-0.39, 0.29) is 5.41 Å². The van der Waals surface area contributed by atoms with E-state index in [1.54, 1.807) is 0 Å². The molecule has 0 aliphatic rings. The Hall–Kier alpha value is -1.50. The summed E-state index contributed by atoms with van der Waals surface area (Å²) in [6.07, 6.45) is 0. The summed E-state index contributed by atoms with van der Waals surface area (Å²) < 4.78 is 0. The second-order valence-electron chi connectivity index (χ2n) is 4.43. The summed E-state index contributed by atoms with van der Waals surface area (Å²) in [4.78, 5) is 0. The van der Waals surface area contributed by atoms with E-state index in [4.69, 9.17) is 5.73 Å². The van der Waals surface area contributed by atoms with Crippen LogP contribution in [0.4, 0.5) is 0 Å². The van der Waals surface area contributed by atoms with Crippen molar-refractivity contribution < 1.29 is 0 Å². The van der Waals surface area contributed by atoms with Crippen LogP contribution in [0.25, 0.3) is 0 Å². The van der Waals surface area contributed by atoms with Gasteiger partial charge >= 0.3 is 0 Å². The Morgan fingerprint density at radius 1 is 1.06 bits per heavy atom. The molecule has 90 valence electrons. The van der Waals surface area contributed by atoms with Gasteiger partial charge in [-0.25, -0.2) is 0 Å². The maximum Gasteiger partial charge on any atom is 0.00621 e. The van der Waals surface area contributed by atoms with E-state index in [1.807, 2.05) is 39.0 Å². The van der Waals surface area contributed by atoms with Gasteiger partial charge in [-0.05, 0) is 6.92 Å². The van der Waals surface area contributed by atoms with Crippen molar-refractivity contribution in [3.05, 3.63) is 61.3 Å². The fourth-order valence-corrected chi connectivity index (χ4v) is 0.534. The number of hydrogen-bond donors (Lipinski definition) is 1. The summed E-state index contributed by atoms with van der Waals surface area (Å²) >= 11 is 0. The molecule has 1 rings (SSSR count). The molecule has 16 heavy (non-hydrogen) atoms. The van der Waals surface area contributed by atoms with Gasteiger partial charge in [0.25, 0.3) is 0 Å². The highest BCUT2D eigenvalue weighted by Crippen LogP contribution is 2.17. The van der Waals surface area contributed by atoms with E-state index in [1.165, 1.54) is 5.56 Å². The van der Waals surface area contributed by atoms with Crippen molar-refractivity contribution in [2.45, 2.75) is 27.7 Å². The summed E-state index contributed by atoms with van der Waals surface area (Å²) in [5, 5.41) is 0. The summed E-state index contributed by atoms with van der Waals surface area (Å²) in [7, 11) is 0. The maximum atomic E-state index is 5.38. The van der Waals surface area contributed by atoms with Crippen LogP contribution in [0, 0.1) is 12.3 Å². The van der Waals surface area contributed by atoms with E-state index >= 15 is 0 Å². The Kier molecular flexibility index (Phi) is 9.28. The molecule has 0 aliphatic carbocycles. The molecular formula is C15H25N. The van der Waals surface area contributed by atoms with Crippen LogP contribution < -0.4 is 5.73 Å². The number of nitrogens with two attached hydrogens (primary N) is 1. The van der Waals surface area contributed by atoms with Crippen LogP contribution in [0.15, 0.2) is 55.8 Å². The summed E-state index contributed by atoms with van der Waals surface area (Å²) in [5.41, 5.74) is 7.52. The van der Waals surface area contributed by atoms with E-state index in [2.05, 4.69) is 38.8 Å². The zero-order valence-corrected chi connectivity index (χ0v) is 11.1. The Balaban J connectivity index is 0. The first-order valence-corrected chi connectivity index (χ1v) is 5.30. The summed E-state index contributed by atoms with van der Waals surface area (Å²) in [6.45, 7) is 17.8. The fraction of sp³-hybridized carbons (Fsp3) is 0.333. The predicted molar refractivity (Wildman–Crippen MR) is 75.2 cm³/mol. The number of hydrogen-bond acceptors (Lipinski definition) is 1. The van der Waals surface area contributed by atoms with Crippen molar-refractivity contribution in [2.75, 3.05) is 0 Å². The Morgan fingerprint density at radius 2 is 1.38 bits per heavy atom. The minimum atomic E-state index is 0.0833. The highest BCUT2D eigenvalue weighted by molar-refractivity contribution is 5.11. The molecule has 0 amide bonds. The SMILES string of the molecule is C=C.C=C(N)C(C)(C)C.Cc1ccccc1. The van der Waals surface area contributed by atoms with Crippen molar-refractivity contribution in [1.82, 2.24) is 0 Å². The lowest BCUT2D eigenvalue weighted by molar-refractivity contribution is 0.500. The van der Waals surface area contributed by atoms with Gasteiger partial charge < -0.3 is 5.73 Å². The van der Waals surface area contributed by atoms with Crippen molar-refractivity contribution in [2.24, 2.45) is 11.1 Å². The second-order valence-corrected chi connectivity index (χ2v) is 4.43. The third-order valence-electron chi connectivity index (χ3n) is 1.90. The Labute approximate surface area is 101 Å². The zero-order valence-electron chi connectivity index (χ0n) is 11.1. The monoisotopic (exact) mass is 219 g/mol. The molecule has 1 heteroatoms. The molecule has 0 fully saturated rings. The van der Waals surface area contributed by atoms with Gasteiger partial charge in [-0.1, -0.05) is 63.2 Å². The number of benzene rings is 1. The summed E-state index contributed by atoms with van der Waals surface area (Å²) in [6, 6.07) is 10.3. The largest absolute Gasteiger partial charge is 0.402 e. The van der Waals surface area contributed by atoms with Crippen LogP contribution >= 0.6 is 0 Å². The van der Waals surface area contributed by atoms with Gasteiger partial charge in [-0.3, -0.25) is 0 Å². The van der Waals surface area contributed by atoms with Crippen LogP contribution in [0.2, 0.25) is 0 Å². The first-order valence-electron chi connectivity index (χ1n) is 5.30. The molecule has 1 aromatic rings. The van der Waals surface area contributed by atoms with Crippen molar-refractivity contribution in [3.8, 4) is 0 Å². The number of aryl methyl sites for hydroxylation is 1. The number of rotatable bonds is 0. The van der Waals surface area contributed by atoms with E-state index in [9.17, 15) is 0 Å². The third kappa shape index (κ3) is 10.6. The Morgan fingerprint density at radius 3 is 1.50 bits per heavy atom. The molecule has 0 atom stereocenters. The normalized spacial score (nSPS) is 9.00. The van der Waals surface area contributed by atoms with Crippen LogP contribution in [0.3, 0.4) is 0 Å². The molecule has 0 bridgehead atoms. The van der Waals surface area contributed by atoms with Crippen LogP contribution in [-0.2, 0) is 0 Å². The molecule has 1 nitrogen and oxygen atoms in total. The van der Waals surface area contributed by atoms with E-state index in [0.29, 0.717) is 0 Å². The highest BCUT2D eigenvalue weighted by Gasteiger charge is 2.09. The number of allylic oxidation sites excluding steroid dienone is 1. The lowest BCUT2D eigenvalue weighted by Crippen LogP contribution is -2.14. The van der Waals surface area contributed by atoms with Crippen molar-refractivity contribution in [1.29, 1.82) is 0 Å². The first kappa shape index (κ1) is 16.9. The van der Waals surface area contributed by atoms with Crippen molar-refractivity contribution >= 4 is 0 Å². The highest BCUT2D eigenvalue weighted by atomic mass is 14.6. The molecule has 0 heterocycles. The smallest absolute Gasteiger partial charge is 0.00621 e. The van der Waals surface area contributed by atoms with Crippen LogP contribution in [0.1, 0.15) is 26.3 Å². The minimum absolute atomic E-state index is 0.0833. The topological polar surface area (TPSA) is 26.0 Å². The van der Waals surface area contributed by atoms with Gasteiger partial charge in [0, 0.05) is 11.1 Å². The molecule has 0 radical (unpaired) electrons. The first-order chi connectivity index (χ1) is 7.34. The van der Waals surface area contributed by atoms with Gasteiger partial charge in [0.1, 0.15) is 0 Å². The minimum Gasteiger partial charge on any atom is -0.402 e. The molecule has 0 spiro atoms. The molecular weight excluding hydrogens is 194 g/mol. The lowest BCUT2D eigenvalue weighted by atomic mass is 9.94. The van der Waals surface area contributed by atoms with Gasteiger partial charge in [0.2, 0.25) is 0 Å². The van der Waals surface area contributed by atoms with Crippen LogP contribution in [0.5, 0.6) is 0 Å². The average Bonchev–Trinajstić information content (AvgIpc) is 2.21. The van der Waals surface area contributed by atoms with Gasteiger partial charge in [-0.15, -0.1) is 13.2 Å². The van der Waals surface area contributed by atoms with E-state index in [0.717, 1.165) is 5.70 Å². The third-order valence-corrected chi connectivity index (χ3v) is 1.90. The van der Waals surface area contributed by atoms with Crippen molar-refractivity contribution in [3.63, 3.8) is 0 Å². The van der Waals surface area contributed by atoms with E-state index < -0.39 is 0 Å². The molecule has 0 saturated heterocycles. The van der Waals surface area contributed by atoms with Gasteiger partial charge in [0.05, 0.1) is 0 Å². The summed E-state index contributed by atoms with van der Waals surface area (Å²) in [5.74, 6) is 0. The molecule has 0 unspecified atom stereocenters. The second kappa shape index (κ2) is 8.78. The quantitative estimate of drug-likeness (QED) is 0.647. The average molecular weight is 219 g/mol. The molecule has 1 aromatic carbocycles. The molecule has 0 saturated carbocycles. The molecule has 0 aliphatic heterocycles. The lowest BCUT2D eigenvalue weighted by Gasteiger charge is -2.16.